The summed E-state index contributed by atoms with van der Waals surface area (Å²) < 4.78 is 11.2. The maximum Gasteiger partial charge on any atom is 0.262 e. The molecule has 0 saturated heterocycles. The molecule has 0 aliphatic carbocycles. The first-order valence-corrected chi connectivity index (χ1v) is 15.3. The molecule has 1 aromatic heterocycles. The molecule has 2 N–H and O–H groups in total. The number of hydrogen-bond donors (Lipinski definition) is 2. The van der Waals surface area contributed by atoms with Gasteiger partial charge in [-0.2, -0.15) is 0 Å². The third kappa shape index (κ3) is 8.79. The zero-order chi connectivity index (χ0) is 32.5. The number of nitrogens with zero attached hydrogens (tertiary/aromatic N) is 2. The van der Waals surface area contributed by atoms with E-state index in [1.54, 1.807) is 12.4 Å². The predicted octanol–water partition coefficient (Wildman–Crippen LogP) is 8.09. The molecule has 8 nitrogen and oxygen atoms in total. The van der Waals surface area contributed by atoms with E-state index in [2.05, 4.69) is 48.3 Å². The van der Waals surface area contributed by atoms with Crippen LogP contribution < -0.4 is 20.1 Å². The van der Waals surface area contributed by atoms with E-state index in [-0.39, 0.29) is 25.0 Å². The summed E-state index contributed by atoms with van der Waals surface area (Å²) >= 11 is 0. The number of carbonyl (C=O) groups is 2. The molecule has 5 rings (SSSR count). The number of aromatic nitrogens is 2. The lowest BCUT2D eigenvalue weighted by Gasteiger charge is -2.10. The van der Waals surface area contributed by atoms with E-state index in [4.69, 9.17) is 9.47 Å². The molecule has 0 bridgehead atoms. The number of benzene rings is 4. The fourth-order valence-electron chi connectivity index (χ4n) is 4.66. The number of anilines is 2. The summed E-state index contributed by atoms with van der Waals surface area (Å²) in [5, 5.41) is 5.71. The fourth-order valence-corrected chi connectivity index (χ4v) is 4.66. The summed E-state index contributed by atoms with van der Waals surface area (Å²) in [6, 6.07) is 30.4. The first-order chi connectivity index (χ1) is 22.2. The molecule has 46 heavy (non-hydrogen) atoms. The van der Waals surface area contributed by atoms with Gasteiger partial charge in [-0.3, -0.25) is 9.59 Å². The Bertz CT molecular complexity index is 1600. The van der Waals surface area contributed by atoms with Gasteiger partial charge >= 0.3 is 0 Å². The van der Waals surface area contributed by atoms with Crippen LogP contribution in [0.2, 0.25) is 0 Å². The lowest BCUT2D eigenvalue weighted by Crippen LogP contribution is -2.20. The van der Waals surface area contributed by atoms with Crippen LogP contribution in [0.15, 0.2) is 109 Å². The molecule has 0 fully saturated rings. The van der Waals surface area contributed by atoms with E-state index in [9.17, 15) is 9.59 Å². The molecule has 0 atom stereocenters. The zero-order valence-corrected chi connectivity index (χ0v) is 26.5. The lowest BCUT2D eigenvalue weighted by atomic mass is 10.0. The van der Waals surface area contributed by atoms with E-state index < -0.39 is 0 Å². The van der Waals surface area contributed by atoms with Gasteiger partial charge in [0, 0.05) is 34.9 Å². The summed E-state index contributed by atoms with van der Waals surface area (Å²) in [5.74, 6) is 2.28. The molecule has 0 aliphatic heterocycles. The van der Waals surface area contributed by atoms with Gasteiger partial charge in [-0.1, -0.05) is 64.1 Å². The van der Waals surface area contributed by atoms with E-state index in [0.717, 1.165) is 16.7 Å². The minimum atomic E-state index is -0.243. The van der Waals surface area contributed by atoms with Gasteiger partial charge in [-0.05, 0) is 89.2 Å². The van der Waals surface area contributed by atoms with Crippen molar-refractivity contribution < 1.29 is 19.1 Å². The van der Waals surface area contributed by atoms with Gasteiger partial charge in [0.15, 0.2) is 19.0 Å². The van der Waals surface area contributed by atoms with Gasteiger partial charge in [0.1, 0.15) is 11.5 Å². The zero-order valence-electron chi connectivity index (χ0n) is 26.5. The van der Waals surface area contributed by atoms with E-state index >= 15 is 0 Å². The smallest absolute Gasteiger partial charge is 0.262 e. The molecule has 1 heterocycles. The second-order valence-electron chi connectivity index (χ2n) is 11.6. The molecular weight excluding hydrogens is 576 g/mol. The van der Waals surface area contributed by atoms with Crippen LogP contribution in [-0.4, -0.2) is 35.0 Å². The predicted molar refractivity (Wildman–Crippen MR) is 182 cm³/mol. The van der Waals surface area contributed by atoms with E-state index in [1.165, 1.54) is 11.1 Å². The summed E-state index contributed by atoms with van der Waals surface area (Å²) in [6.07, 6.45) is 3.52. The van der Waals surface area contributed by atoms with Crippen molar-refractivity contribution in [1.29, 1.82) is 0 Å². The third-order valence-corrected chi connectivity index (χ3v) is 7.41. The monoisotopic (exact) mass is 614 g/mol. The van der Waals surface area contributed by atoms with Crippen LogP contribution >= 0.6 is 0 Å². The first kappa shape index (κ1) is 31.9. The molecule has 0 spiro atoms. The molecule has 0 radical (unpaired) electrons. The van der Waals surface area contributed by atoms with Gasteiger partial charge in [0.2, 0.25) is 0 Å². The maximum absolute atomic E-state index is 12.4. The first-order valence-electron chi connectivity index (χ1n) is 15.3. The SMILES string of the molecule is CC(C)c1ccc(OCC(=O)Nc2ccc(-c3cnc(-c4ccc(NC(=O)COc5ccc(C(C)C)cc5)cc4)nc3)cc2)cc1. The molecule has 234 valence electrons. The molecule has 0 aliphatic rings. The number of carbonyl (C=O) groups excluding carboxylic acids is 2. The average Bonchev–Trinajstić information content (AvgIpc) is 3.07. The number of amides is 2. The summed E-state index contributed by atoms with van der Waals surface area (Å²) in [7, 11) is 0. The highest BCUT2D eigenvalue weighted by atomic mass is 16.5. The number of hydrogen-bond acceptors (Lipinski definition) is 6. The van der Waals surface area contributed by atoms with Crippen molar-refractivity contribution in [2.24, 2.45) is 0 Å². The Morgan fingerprint density at radius 2 is 0.935 bits per heavy atom. The van der Waals surface area contributed by atoms with Crippen LogP contribution in [-0.2, 0) is 9.59 Å². The Balaban J connectivity index is 1.09. The Morgan fingerprint density at radius 1 is 0.543 bits per heavy atom. The molecule has 4 aromatic carbocycles. The van der Waals surface area contributed by atoms with Crippen molar-refractivity contribution in [1.82, 2.24) is 9.97 Å². The van der Waals surface area contributed by atoms with Crippen LogP contribution in [0.1, 0.15) is 50.7 Å². The summed E-state index contributed by atoms with van der Waals surface area (Å²) in [5.41, 5.74) is 6.35. The van der Waals surface area contributed by atoms with Gasteiger partial charge < -0.3 is 20.1 Å². The number of nitrogens with one attached hydrogen (secondary N) is 2. The Kier molecular flexibility index (Phi) is 10.4. The summed E-state index contributed by atoms with van der Waals surface area (Å²) in [4.78, 5) is 33.8. The highest BCUT2D eigenvalue weighted by Crippen LogP contribution is 2.24. The highest BCUT2D eigenvalue weighted by molar-refractivity contribution is 5.92. The third-order valence-electron chi connectivity index (χ3n) is 7.41. The van der Waals surface area contributed by atoms with Crippen molar-refractivity contribution in [2.75, 3.05) is 23.8 Å². The molecule has 0 unspecified atom stereocenters. The minimum Gasteiger partial charge on any atom is -0.484 e. The largest absolute Gasteiger partial charge is 0.484 e. The highest BCUT2D eigenvalue weighted by Gasteiger charge is 2.09. The standard InChI is InChI=1S/C38H38N4O4/c1-25(2)27-9-17-34(18-10-27)45-23-36(43)41-32-13-5-29(6-14-32)31-21-39-38(40-22-31)30-7-15-33(16-8-30)42-37(44)24-46-35-19-11-28(12-20-35)26(3)4/h5-22,25-26H,23-24H2,1-4H3,(H,41,43)(H,42,44). The number of ether oxygens (including phenoxy) is 2. The molecule has 2 amide bonds. The van der Waals surface area contributed by atoms with Crippen molar-refractivity contribution in [3.63, 3.8) is 0 Å². The molecule has 8 heteroatoms. The van der Waals surface area contributed by atoms with Crippen molar-refractivity contribution >= 4 is 23.2 Å². The number of rotatable bonds is 12. The van der Waals surface area contributed by atoms with Crippen molar-refractivity contribution in [2.45, 2.75) is 39.5 Å². The Hall–Kier alpha value is -5.50. The van der Waals surface area contributed by atoms with E-state index in [0.29, 0.717) is 40.5 Å². The normalized spacial score (nSPS) is 10.9. The maximum atomic E-state index is 12.4. The van der Waals surface area contributed by atoms with Crippen LogP contribution in [0.5, 0.6) is 11.5 Å². The van der Waals surface area contributed by atoms with E-state index in [1.807, 2.05) is 97.1 Å². The van der Waals surface area contributed by atoms with Gasteiger partial charge in [0.25, 0.3) is 11.8 Å². The van der Waals surface area contributed by atoms with Crippen LogP contribution in [0.3, 0.4) is 0 Å². The topological polar surface area (TPSA) is 102 Å². The van der Waals surface area contributed by atoms with Crippen LogP contribution in [0.25, 0.3) is 22.5 Å². The summed E-state index contributed by atoms with van der Waals surface area (Å²) in [6.45, 7) is 8.37. The fraction of sp³-hybridized carbons (Fsp3) is 0.211. The second-order valence-corrected chi connectivity index (χ2v) is 11.6. The van der Waals surface area contributed by atoms with Gasteiger partial charge in [0.05, 0.1) is 0 Å². The Labute approximate surface area is 269 Å². The van der Waals surface area contributed by atoms with Crippen molar-refractivity contribution in [3.05, 3.63) is 121 Å². The average molecular weight is 615 g/mol. The molecule has 0 saturated carbocycles. The molecule has 5 aromatic rings. The quantitative estimate of drug-likeness (QED) is 0.147. The second kappa shape index (κ2) is 15.0. The minimum absolute atomic E-state index is 0.0760. The lowest BCUT2D eigenvalue weighted by molar-refractivity contribution is -0.118. The molecular formula is C38H38N4O4. The van der Waals surface area contributed by atoms with Crippen LogP contribution in [0, 0.1) is 0 Å². The van der Waals surface area contributed by atoms with Gasteiger partial charge in [-0.15, -0.1) is 0 Å². The van der Waals surface area contributed by atoms with Crippen molar-refractivity contribution in [3.8, 4) is 34.0 Å². The van der Waals surface area contributed by atoms with Gasteiger partial charge in [-0.25, -0.2) is 9.97 Å². The Morgan fingerprint density at radius 3 is 1.33 bits per heavy atom. The van der Waals surface area contributed by atoms with Crippen LogP contribution in [0.4, 0.5) is 11.4 Å².